The monoisotopic (exact) mass is 392 g/mol. The largest absolute Gasteiger partial charge is 0.484 e. The van der Waals surface area contributed by atoms with Crippen LogP contribution in [0, 0.1) is 0 Å². The van der Waals surface area contributed by atoms with Gasteiger partial charge < -0.3 is 15.0 Å². The Bertz CT molecular complexity index is 968. The first kappa shape index (κ1) is 18.3. The minimum atomic E-state index is -0.220. The summed E-state index contributed by atoms with van der Waals surface area (Å²) in [6.45, 7) is 0.672. The summed E-state index contributed by atoms with van der Waals surface area (Å²) in [6.07, 6.45) is 1.50. The van der Waals surface area contributed by atoms with Crippen LogP contribution in [0.1, 0.15) is 12.8 Å². The van der Waals surface area contributed by atoms with E-state index in [-0.39, 0.29) is 18.4 Å². The quantitative estimate of drug-likeness (QED) is 0.669. The summed E-state index contributed by atoms with van der Waals surface area (Å²) in [4.78, 5) is 27.0. The van der Waals surface area contributed by atoms with Crippen molar-refractivity contribution < 1.29 is 14.3 Å². The molecule has 5 nitrogen and oxygen atoms in total. The SMILES string of the molecule is O=C(COc1ccc(N2CCCC2=O)cc1)Nc1ccccc1-c1cccs1. The van der Waals surface area contributed by atoms with Gasteiger partial charge in [-0.2, -0.15) is 0 Å². The highest BCUT2D eigenvalue weighted by Gasteiger charge is 2.21. The average Bonchev–Trinajstić information content (AvgIpc) is 3.39. The number of carbonyl (C=O) groups is 2. The van der Waals surface area contributed by atoms with Crippen LogP contribution in [0.5, 0.6) is 5.75 Å². The summed E-state index contributed by atoms with van der Waals surface area (Å²) < 4.78 is 5.60. The van der Waals surface area contributed by atoms with E-state index in [9.17, 15) is 9.59 Å². The van der Waals surface area contributed by atoms with Gasteiger partial charge in [0.25, 0.3) is 5.91 Å². The number of nitrogens with one attached hydrogen (secondary N) is 1. The van der Waals surface area contributed by atoms with Crippen LogP contribution in [0.25, 0.3) is 10.4 Å². The molecule has 0 spiro atoms. The molecular formula is C22H20N2O3S. The van der Waals surface area contributed by atoms with Crippen molar-refractivity contribution in [1.82, 2.24) is 0 Å². The van der Waals surface area contributed by atoms with E-state index < -0.39 is 0 Å². The van der Waals surface area contributed by atoms with Crippen molar-refractivity contribution in [2.24, 2.45) is 0 Å². The molecule has 0 bridgehead atoms. The van der Waals surface area contributed by atoms with Crippen LogP contribution in [-0.4, -0.2) is 25.0 Å². The number of nitrogens with zero attached hydrogens (tertiary/aromatic N) is 1. The second-order valence-electron chi connectivity index (χ2n) is 6.50. The first-order valence-corrected chi connectivity index (χ1v) is 10.0. The lowest BCUT2D eigenvalue weighted by atomic mass is 10.1. The van der Waals surface area contributed by atoms with Crippen molar-refractivity contribution in [3.8, 4) is 16.2 Å². The normalized spacial score (nSPS) is 13.6. The van der Waals surface area contributed by atoms with Crippen molar-refractivity contribution in [2.75, 3.05) is 23.4 Å². The van der Waals surface area contributed by atoms with E-state index in [2.05, 4.69) is 5.32 Å². The molecule has 142 valence electrons. The zero-order valence-corrected chi connectivity index (χ0v) is 16.1. The summed E-state index contributed by atoms with van der Waals surface area (Å²) in [6, 6.07) is 19.0. The molecule has 6 heteroatoms. The Kier molecular flexibility index (Phi) is 5.39. The van der Waals surface area contributed by atoms with Crippen LogP contribution in [-0.2, 0) is 9.59 Å². The molecule has 4 rings (SSSR count). The summed E-state index contributed by atoms with van der Waals surface area (Å²) in [5.74, 6) is 0.525. The lowest BCUT2D eigenvalue weighted by Gasteiger charge is -2.16. The van der Waals surface area contributed by atoms with Gasteiger partial charge in [-0.25, -0.2) is 0 Å². The molecule has 0 radical (unpaired) electrons. The standard InChI is InChI=1S/C22H20N2O3S/c25-21(23-19-6-2-1-5-18(19)20-7-4-14-28-20)15-27-17-11-9-16(10-12-17)24-13-3-8-22(24)26/h1-2,4-7,9-12,14H,3,8,13,15H2,(H,23,25). The molecule has 0 saturated carbocycles. The molecule has 1 aromatic heterocycles. The molecule has 28 heavy (non-hydrogen) atoms. The zero-order valence-electron chi connectivity index (χ0n) is 15.3. The van der Waals surface area contributed by atoms with Gasteiger partial charge in [-0.05, 0) is 48.2 Å². The summed E-state index contributed by atoms with van der Waals surface area (Å²) >= 11 is 1.63. The maximum Gasteiger partial charge on any atom is 0.262 e. The predicted molar refractivity (Wildman–Crippen MR) is 112 cm³/mol. The molecule has 2 heterocycles. The number of benzene rings is 2. The topological polar surface area (TPSA) is 58.6 Å². The Labute approximate surface area is 167 Å². The fourth-order valence-corrected chi connectivity index (χ4v) is 3.98. The van der Waals surface area contributed by atoms with Gasteiger partial charge >= 0.3 is 0 Å². The van der Waals surface area contributed by atoms with Gasteiger partial charge in [0.05, 0.1) is 0 Å². The Balaban J connectivity index is 1.36. The molecule has 1 saturated heterocycles. The lowest BCUT2D eigenvalue weighted by molar-refractivity contribution is -0.118. The Morgan fingerprint density at radius 3 is 2.61 bits per heavy atom. The first-order chi connectivity index (χ1) is 13.7. The van der Waals surface area contributed by atoms with Crippen molar-refractivity contribution in [3.63, 3.8) is 0 Å². The van der Waals surface area contributed by atoms with Crippen LogP contribution < -0.4 is 15.0 Å². The van der Waals surface area contributed by atoms with Crippen LogP contribution in [0.4, 0.5) is 11.4 Å². The van der Waals surface area contributed by atoms with Gasteiger partial charge in [0.1, 0.15) is 5.75 Å². The van der Waals surface area contributed by atoms with E-state index in [1.54, 1.807) is 28.4 Å². The van der Waals surface area contributed by atoms with E-state index >= 15 is 0 Å². The number of hydrogen-bond donors (Lipinski definition) is 1. The zero-order chi connectivity index (χ0) is 19.3. The summed E-state index contributed by atoms with van der Waals surface area (Å²) in [5, 5.41) is 4.93. The van der Waals surface area contributed by atoms with Crippen molar-refractivity contribution in [2.45, 2.75) is 12.8 Å². The number of thiophene rings is 1. The van der Waals surface area contributed by atoms with Gasteiger partial charge in [0.2, 0.25) is 5.91 Å². The van der Waals surface area contributed by atoms with E-state index in [1.165, 1.54) is 0 Å². The average molecular weight is 392 g/mol. The number of hydrogen-bond acceptors (Lipinski definition) is 4. The van der Waals surface area contributed by atoms with Crippen molar-refractivity contribution >= 4 is 34.5 Å². The molecule has 0 unspecified atom stereocenters. The number of amides is 2. The molecule has 3 aromatic rings. The number of carbonyl (C=O) groups excluding carboxylic acids is 2. The third-order valence-electron chi connectivity index (χ3n) is 4.58. The van der Waals surface area contributed by atoms with E-state index in [4.69, 9.17) is 4.74 Å². The number of para-hydroxylation sites is 1. The van der Waals surface area contributed by atoms with E-state index in [1.807, 2.05) is 53.9 Å². The minimum absolute atomic E-state index is 0.0826. The molecule has 0 aliphatic carbocycles. The molecule has 2 amide bonds. The van der Waals surface area contributed by atoms with E-state index in [0.29, 0.717) is 12.2 Å². The number of anilines is 2. The lowest BCUT2D eigenvalue weighted by Crippen LogP contribution is -2.23. The minimum Gasteiger partial charge on any atom is -0.484 e. The van der Waals surface area contributed by atoms with Crippen LogP contribution in [0.3, 0.4) is 0 Å². The maximum atomic E-state index is 12.3. The van der Waals surface area contributed by atoms with Crippen molar-refractivity contribution in [1.29, 1.82) is 0 Å². The third-order valence-corrected chi connectivity index (χ3v) is 5.48. The summed E-state index contributed by atoms with van der Waals surface area (Å²) in [5.41, 5.74) is 2.62. The fourth-order valence-electron chi connectivity index (χ4n) is 3.22. The second-order valence-corrected chi connectivity index (χ2v) is 7.45. The number of rotatable bonds is 6. The highest BCUT2D eigenvalue weighted by atomic mass is 32.1. The molecule has 1 aliphatic rings. The van der Waals surface area contributed by atoms with Gasteiger partial charge in [-0.1, -0.05) is 24.3 Å². The van der Waals surface area contributed by atoms with Crippen LogP contribution in [0.2, 0.25) is 0 Å². The highest BCUT2D eigenvalue weighted by molar-refractivity contribution is 7.13. The molecule has 1 fully saturated rings. The van der Waals surface area contributed by atoms with E-state index in [0.717, 1.165) is 34.8 Å². The second kappa shape index (κ2) is 8.27. The Morgan fingerprint density at radius 1 is 1.07 bits per heavy atom. The molecule has 1 aliphatic heterocycles. The highest BCUT2D eigenvalue weighted by Crippen LogP contribution is 2.31. The van der Waals surface area contributed by atoms with Gasteiger partial charge in [-0.3, -0.25) is 9.59 Å². The molecule has 1 N–H and O–H groups in total. The summed E-state index contributed by atoms with van der Waals surface area (Å²) in [7, 11) is 0. The van der Waals surface area contributed by atoms with Gasteiger partial charge in [0, 0.05) is 34.8 Å². The van der Waals surface area contributed by atoms with Gasteiger partial charge in [-0.15, -0.1) is 11.3 Å². The first-order valence-electron chi connectivity index (χ1n) is 9.17. The Morgan fingerprint density at radius 2 is 1.89 bits per heavy atom. The maximum absolute atomic E-state index is 12.3. The third kappa shape index (κ3) is 4.07. The smallest absolute Gasteiger partial charge is 0.262 e. The van der Waals surface area contributed by atoms with Crippen LogP contribution in [0.15, 0.2) is 66.0 Å². The predicted octanol–water partition coefficient (Wildman–Crippen LogP) is 4.56. The van der Waals surface area contributed by atoms with Gasteiger partial charge in [0.15, 0.2) is 6.61 Å². The fraction of sp³-hybridized carbons (Fsp3) is 0.182. The molecule has 2 aromatic carbocycles. The molecule has 0 atom stereocenters. The molecular weight excluding hydrogens is 372 g/mol. The van der Waals surface area contributed by atoms with Crippen LogP contribution >= 0.6 is 11.3 Å². The van der Waals surface area contributed by atoms with Crippen molar-refractivity contribution in [3.05, 3.63) is 66.0 Å². The number of ether oxygens (including phenoxy) is 1. The Hall–Kier alpha value is -3.12.